The van der Waals surface area contributed by atoms with Gasteiger partial charge in [-0.05, 0) is 44.0 Å². The monoisotopic (exact) mass is 368 g/mol. The van der Waals surface area contributed by atoms with Crippen LogP contribution in [0.4, 0.5) is 10.5 Å². The van der Waals surface area contributed by atoms with Crippen molar-refractivity contribution in [2.24, 2.45) is 5.16 Å². The Balaban J connectivity index is 2.06. The third-order valence-electron chi connectivity index (χ3n) is 4.24. The number of anilines is 1. The molecule has 0 bridgehead atoms. The smallest absolute Gasteiger partial charge is 0.437 e. The first-order valence-electron chi connectivity index (χ1n) is 9.50. The normalized spacial score (nSPS) is 11.3. The highest BCUT2D eigenvalue weighted by Crippen LogP contribution is 2.22. The second-order valence-corrected chi connectivity index (χ2v) is 6.59. The Morgan fingerprint density at radius 2 is 1.81 bits per heavy atom. The van der Waals surface area contributed by atoms with E-state index in [2.05, 4.69) is 17.4 Å². The van der Waals surface area contributed by atoms with Gasteiger partial charge in [-0.3, -0.25) is 10.2 Å². The highest BCUT2D eigenvalue weighted by atomic mass is 16.7. The second kappa shape index (κ2) is 11.0. The zero-order valence-electron chi connectivity index (χ0n) is 16.1. The fourth-order valence-corrected chi connectivity index (χ4v) is 2.77. The number of aromatic hydroxyl groups is 1. The quantitative estimate of drug-likeness (QED) is 0.246. The number of oxime groups is 1. The summed E-state index contributed by atoms with van der Waals surface area (Å²) in [5.41, 5.74) is 2.83. The van der Waals surface area contributed by atoms with Gasteiger partial charge in [0, 0.05) is 11.3 Å². The molecule has 0 fully saturated rings. The van der Waals surface area contributed by atoms with Crippen LogP contribution in [0.25, 0.3) is 0 Å². The van der Waals surface area contributed by atoms with Gasteiger partial charge in [-0.15, -0.1) is 0 Å². The number of nitrogens with one attached hydrogen (secondary N) is 1. The van der Waals surface area contributed by atoms with E-state index in [-0.39, 0.29) is 5.75 Å². The molecule has 0 aliphatic heterocycles. The maximum atomic E-state index is 12.0. The van der Waals surface area contributed by atoms with Crippen LogP contribution in [0.3, 0.4) is 0 Å². The molecule has 1 amide bonds. The van der Waals surface area contributed by atoms with E-state index in [1.165, 1.54) is 19.3 Å². The summed E-state index contributed by atoms with van der Waals surface area (Å²) < 4.78 is 0. The predicted octanol–water partition coefficient (Wildman–Crippen LogP) is 6.01. The minimum absolute atomic E-state index is 0.139. The predicted molar refractivity (Wildman–Crippen MR) is 109 cm³/mol. The second-order valence-electron chi connectivity index (χ2n) is 6.59. The molecule has 0 saturated heterocycles. The number of carbonyl (C=O) groups is 1. The Hall–Kier alpha value is -2.82. The van der Waals surface area contributed by atoms with Gasteiger partial charge in [0.1, 0.15) is 5.75 Å². The van der Waals surface area contributed by atoms with Crippen molar-refractivity contribution in [3.8, 4) is 5.75 Å². The summed E-state index contributed by atoms with van der Waals surface area (Å²) in [6.45, 7) is 4.13. The number of unbranched alkanes of at least 4 members (excludes halogenated alkanes) is 4. The Morgan fingerprint density at radius 1 is 1.07 bits per heavy atom. The highest BCUT2D eigenvalue weighted by Gasteiger charge is 2.12. The number of nitrogens with zero attached hydrogens (tertiary/aromatic N) is 1. The summed E-state index contributed by atoms with van der Waals surface area (Å²) in [6, 6.07) is 14.4. The first-order chi connectivity index (χ1) is 13.1. The molecule has 0 heterocycles. The van der Waals surface area contributed by atoms with E-state index in [0.717, 1.165) is 18.4 Å². The van der Waals surface area contributed by atoms with Crippen molar-refractivity contribution in [3.05, 3.63) is 59.7 Å². The average Bonchev–Trinajstić information content (AvgIpc) is 2.67. The van der Waals surface area contributed by atoms with Gasteiger partial charge in [0.25, 0.3) is 0 Å². The molecule has 2 N–H and O–H groups in total. The van der Waals surface area contributed by atoms with E-state index in [1.54, 1.807) is 18.2 Å². The number of carbonyl (C=O) groups excluding carboxylic acids is 1. The van der Waals surface area contributed by atoms with Gasteiger partial charge in [-0.2, -0.15) is 0 Å². The number of amides is 1. The number of phenolic OH excluding ortho intramolecular Hbond substituents is 1. The minimum Gasteiger partial charge on any atom is -0.507 e. The Morgan fingerprint density at radius 3 is 2.56 bits per heavy atom. The van der Waals surface area contributed by atoms with E-state index in [0.29, 0.717) is 23.4 Å². The van der Waals surface area contributed by atoms with Crippen LogP contribution in [0.1, 0.15) is 56.6 Å². The highest BCUT2D eigenvalue weighted by molar-refractivity contribution is 6.03. The molecule has 5 heteroatoms. The van der Waals surface area contributed by atoms with Crippen LogP contribution in [0.5, 0.6) is 5.75 Å². The largest absolute Gasteiger partial charge is 0.507 e. The van der Waals surface area contributed by atoms with E-state index >= 15 is 0 Å². The van der Waals surface area contributed by atoms with Crippen molar-refractivity contribution >= 4 is 17.5 Å². The molecule has 0 saturated carbocycles. The summed E-state index contributed by atoms with van der Waals surface area (Å²) in [4.78, 5) is 17.1. The Bertz CT molecular complexity index is 757. The summed E-state index contributed by atoms with van der Waals surface area (Å²) >= 11 is 0. The summed E-state index contributed by atoms with van der Waals surface area (Å²) in [7, 11) is 0. The Labute approximate surface area is 161 Å². The first-order valence-corrected chi connectivity index (χ1v) is 9.50. The first kappa shape index (κ1) is 20.5. The number of hydrogen-bond acceptors (Lipinski definition) is 4. The minimum atomic E-state index is -0.656. The summed E-state index contributed by atoms with van der Waals surface area (Å²) in [5.74, 6) is 0.139. The maximum absolute atomic E-state index is 12.0. The third kappa shape index (κ3) is 7.13. The number of hydrogen-bond donors (Lipinski definition) is 2. The van der Waals surface area contributed by atoms with Crippen LogP contribution >= 0.6 is 0 Å². The van der Waals surface area contributed by atoms with Gasteiger partial charge < -0.3 is 5.11 Å². The molecule has 5 nitrogen and oxygen atoms in total. The van der Waals surface area contributed by atoms with E-state index < -0.39 is 6.09 Å². The topological polar surface area (TPSA) is 70.9 Å². The molecule has 0 radical (unpaired) electrons. The van der Waals surface area contributed by atoms with Gasteiger partial charge in [0.15, 0.2) is 0 Å². The lowest BCUT2D eigenvalue weighted by atomic mass is 10.0. The molecular formula is C22H28N2O3. The number of aryl methyl sites for hydroxylation is 1. The number of benzene rings is 2. The van der Waals surface area contributed by atoms with Crippen LogP contribution in [0.15, 0.2) is 53.7 Å². The average molecular weight is 368 g/mol. The van der Waals surface area contributed by atoms with Crippen LogP contribution in [0, 0.1) is 6.92 Å². The van der Waals surface area contributed by atoms with Crippen molar-refractivity contribution in [2.45, 2.75) is 52.4 Å². The molecule has 0 unspecified atom stereocenters. The Kier molecular flexibility index (Phi) is 8.36. The third-order valence-corrected chi connectivity index (χ3v) is 4.24. The van der Waals surface area contributed by atoms with Crippen molar-refractivity contribution in [3.63, 3.8) is 0 Å². The lowest BCUT2D eigenvalue weighted by molar-refractivity contribution is 0.166. The number of phenols is 1. The molecule has 0 aliphatic rings. The van der Waals surface area contributed by atoms with Gasteiger partial charge in [0.2, 0.25) is 0 Å². The molecule has 27 heavy (non-hydrogen) atoms. The fourth-order valence-electron chi connectivity index (χ4n) is 2.77. The summed E-state index contributed by atoms with van der Waals surface area (Å²) in [5, 5.41) is 16.9. The fraction of sp³-hybridized carbons (Fsp3) is 0.364. The van der Waals surface area contributed by atoms with Crippen molar-refractivity contribution in [2.75, 3.05) is 5.32 Å². The van der Waals surface area contributed by atoms with Gasteiger partial charge in [0.05, 0.1) is 5.71 Å². The van der Waals surface area contributed by atoms with Crippen molar-refractivity contribution in [1.29, 1.82) is 0 Å². The zero-order chi connectivity index (χ0) is 19.5. The lowest BCUT2D eigenvalue weighted by Gasteiger charge is -2.10. The van der Waals surface area contributed by atoms with Gasteiger partial charge in [-0.25, -0.2) is 4.79 Å². The number of rotatable bonds is 9. The molecule has 0 aromatic heterocycles. The van der Waals surface area contributed by atoms with Crippen LogP contribution in [-0.4, -0.2) is 16.9 Å². The van der Waals surface area contributed by atoms with Gasteiger partial charge in [-0.1, -0.05) is 67.6 Å². The van der Waals surface area contributed by atoms with E-state index in [1.807, 2.05) is 37.3 Å². The number of para-hydroxylation sites is 1. The molecule has 2 rings (SSSR count). The molecule has 0 atom stereocenters. The van der Waals surface area contributed by atoms with E-state index in [4.69, 9.17) is 4.84 Å². The molecule has 2 aromatic carbocycles. The SMILES string of the molecule is CCCCCCCC(=NOC(=O)Nc1ccccc1)c1cc(C)ccc1O. The molecule has 2 aromatic rings. The van der Waals surface area contributed by atoms with Crippen molar-refractivity contribution < 1.29 is 14.7 Å². The molecule has 0 spiro atoms. The zero-order valence-corrected chi connectivity index (χ0v) is 16.1. The molecule has 0 aliphatic carbocycles. The van der Waals surface area contributed by atoms with E-state index in [9.17, 15) is 9.90 Å². The molecular weight excluding hydrogens is 340 g/mol. The summed E-state index contributed by atoms with van der Waals surface area (Å²) in [6.07, 6.45) is 5.54. The standard InChI is InChI=1S/C22H28N2O3/c1-3-4-5-6-10-13-20(19-16-17(2)14-15-21(19)25)24-27-22(26)23-18-11-8-7-9-12-18/h7-9,11-12,14-16,25H,3-6,10,13H2,1-2H3,(H,23,26). The van der Waals surface area contributed by atoms with Gasteiger partial charge >= 0.3 is 6.09 Å². The lowest BCUT2D eigenvalue weighted by Crippen LogP contribution is -2.13. The molecule has 144 valence electrons. The van der Waals surface area contributed by atoms with Crippen LogP contribution in [0.2, 0.25) is 0 Å². The van der Waals surface area contributed by atoms with Crippen molar-refractivity contribution in [1.82, 2.24) is 0 Å². The van der Waals surface area contributed by atoms with Crippen LogP contribution < -0.4 is 5.32 Å². The van der Waals surface area contributed by atoms with Crippen LogP contribution in [-0.2, 0) is 4.84 Å². The maximum Gasteiger partial charge on any atom is 0.437 e.